The molecule has 0 aliphatic rings. The van der Waals surface area contributed by atoms with Crippen molar-refractivity contribution in [3.63, 3.8) is 0 Å². The summed E-state index contributed by atoms with van der Waals surface area (Å²) in [6.45, 7) is 3.23. The third kappa shape index (κ3) is 5.35. The molecule has 5 heteroatoms. The average Bonchev–Trinajstić information content (AvgIpc) is 1.87. The zero-order valence-corrected chi connectivity index (χ0v) is 6.70. The average molecular weight is 161 g/mol. The normalized spacial score (nSPS) is 11.9. The van der Waals surface area contributed by atoms with Gasteiger partial charge in [-0.2, -0.15) is 0 Å². The maximum Gasteiger partial charge on any atom is 0.350 e. The van der Waals surface area contributed by atoms with Gasteiger partial charge in [-0.05, 0) is 0 Å². The molecule has 0 bridgehead atoms. The molecular weight excluding hydrogens is 150 g/mol. The number of oxime groups is 1. The monoisotopic (exact) mass is 161 g/mol. The van der Waals surface area contributed by atoms with Crippen molar-refractivity contribution in [3.05, 3.63) is 0 Å². The van der Waals surface area contributed by atoms with Crippen LogP contribution >= 0.6 is 0 Å². The summed E-state index contributed by atoms with van der Waals surface area (Å²) in [7, 11) is 1.44. The van der Waals surface area contributed by atoms with Crippen LogP contribution in [0, 0.1) is 0 Å². The molecule has 0 saturated carbocycles. The molecule has 0 aliphatic heterocycles. The van der Waals surface area contributed by atoms with Crippen molar-refractivity contribution < 1.29 is 19.5 Å². The van der Waals surface area contributed by atoms with E-state index in [1.165, 1.54) is 7.11 Å². The number of hydrogen-bond acceptors (Lipinski definition) is 4. The molecule has 0 aliphatic carbocycles. The number of nitrogens with zero attached hydrogens (tertiary/aromatic N) is 1. The van der Waals surface area contributed by atoms with Crippen molar-refractivity contribution in [2.75, 3.05) is 7.11 Å². The Morgan fingerprint density at radius 2 is 2.18 bits per heavy atom. The second-order valence-electron chi connectivity index (χ2n) is 2.27. The molecule has 0 aromatic carbocycles. The molecule has 64 valence electrons. The minimum atomic E-state index is -1.16. The lowest BCUT2D eigenvalue weighted by molar-refractivity contribution is -0.197. The second kappa shape index (κ2) is 3.92. The Bertz CT molecular complexity index is 164. The van der Waals surface area contributed by atoms with E-state index in [0.29, 0.717) is 6.21 Å². The van der Waals surface area contributed by atoms with Crippen LogP contribution in [0.15, 0.2) is 5.16 Å². The van der Waals surface area contributed by atoms with E-state index in [-0.39, 0.29) is 0 Å². The first-order chi connectivity index (χ1) is 4.98. The molecule has 0 heterocycles. The molecule has 0 unspecified atom stereocenters. The van der Waals surface area contributed by atoms with E-state index in [0.717, 1.165) is 0 Å². The Kier molecular flexibility index (Phi) is 3.53. The van der Waals surface area contributed by atoms with Gasteiger partial charge in [0.15, 0.2) is 6.21 Å². The highest BCUT2D eigenvalue weighted by Gasteiger charge is 2.16. The van der Waals surface area contributed by atoms with Crippen LogP contribution in [-0.4, -0.2) is 30.2 Å². The minimum Gasteiger partial charge on any atom is -0.477 e. The van der Waals surface area contributed by atoms with Crippen molar-refractivity contribution in [1.29, 1.82) is 0 Å². The predicted octanol–water partition coefficient (Wildman–Crippen LogP) is 0.456. The van der Waals surface area contributed by atoms with Crippen molar-refractivity contribution in [2.24, 2.45) is 5.16 Å². The first-order valence-electron chi connectivity index (χ1n) is 2.97. The van der Waals surface area contributed by atoms with Gasteiger partial charge in [0.1, 0.15) is 0 Å². The summed E-state index contributed by atoms with van der Waals surface area (Å²) in [5, 5.41) is 11.3. The Morgan fingerprint density at radius 1 is 1.64 bits per heavy atom. The molecule has 0 amide bonds. The third-order valence-electron chi connectivity index (χ3n) is 0.927. The fraction of sp³-hybridized carbons (Fsp3) is 0.667. The highest BCUT2D eigenvalue weighted by Crippen LogP contribution is 2.08. The smallest absolute Gasteiger partial charge is 0.350 e. The van der Waals surface area contributed by atoms with Gasteiger partial charge in [-0.1, -0.05) is 5.16 Å². The van der Waals surface area contributed by atoms with Gasteiger partial charge >= 0.3 is 5.97 Å². The van der Waals surface area contributed by atoms with Crippen molar-refractivity contribution in [2.45, 2.75) is 19.6 Å². The summed E-state index contributed by atoms with van der Waals surface area (Å²) in [5.74, 6) is -2.04. The lowest BCUT2D eigenvalue weighted by Crippen LogP contribution is -2.24. The van der Waals surface area contributed by atoms with E-state index in [4.69, 9.17) is 9.84 Å². The fourth-order valence-electron chi connectivity index (χ4n) is 0.236. The standard InChI is InChI=1S/C6H11NO4/c1-6(2,10-3)11-7-4-5(8)9/h4H,1-3H3,(H,8,9). The highest BCUT2D eigenvalue weighted by atomic mass is 16.8. The molecule has 0 radical (unpaired) electrons. The van der Waals surface area contributed by atoms with Crippen molar-refractivity contribution in [3.8, 4) is 0 Å². The maximum atomic E-state index is 9.90. The Balaban J connectivity index is 3.78. The van der Waals surface area contributed by atoms with Gasteiger partial charge < -0.3 is 14.7 Å². The number of rotatable bonds is 4. The molecule has 0 aromatic heterocycles. The summed E-state index contributed by atoms with van der Waals surface area (Å²) in [6, 6.07) is 0. The molecule has 0 atom stereocenters. The quantitative estimate of drug-likeness (QED) is 0.369. The summed E-state index contributed by atoms with van der Waals surface area (Å²) < 4.78 is 4.79. The van der Waals surface area contributed by atoms with Crippen LogP contribution < -0.4 is 0 Å². The van der Waals surface area contributed by atoms with Gasteiger partial charge in [-0.3, -0.25) is 0 Å². The van der Waals surface area contributed by atoms with Crippen LogP contribution in [0.25, 0.3) is 0 Å². The number of carbonyl (C=O) groups is 1. The maximum absolute atomic E-state index is 9.90. The van der Waals surface area contributed by atoms with E-state index in [2.05, 4.69) is 9.99 Å². The highest BCUT2D eigenvalue weighted by molar-refractivity contribution is 6.21. The molecule has 0 fully saturated rings. The van der Waals surface area contributed by atoms with Crippen LogP contribution in [0.3, 0.4) is 0 Å². The first-order valence-corrected chi connectivity index (χ1v) is 2.97. The van der Waals surface area contributed by atoms with Gasteiger partial charge in [0.25, 0.3) is 0 Å². The summed E-state index contributed by atoms with van der Waals surface area (Å²) in [5.41, 5.74) is 0. The Morgan fingerprint density at radius 3 is 2.55 bits per heavy atom. The molecule has 1 N–H and O–H groups in total. The Labute approximate surface area is 64.6 Å². The van der Waals surface area contributed by atoms with Crippen LogP contribution in [0.1, 0.15) is 13.8 Å². The van der Waals surface area contributed by atoms with Gasteiger partial charge in [0.2, 0.25) is 5.79 Å². The summed E-state index contributed by atoms with van der Waals surface area (Å²) in [6.07, 6.45) is 0.654. The van der Waals surface area contributed by atoms with E-state index < -0.39 is 11.8 Å². The largest absolute Gasteiger partial charge is 0.477 e. The zero-order valence-electron chi connectivity index (χ0n) is 6.70. The molecule has 5 nitrogen and oxygen atoms in total. The molecule has 0 spiro atoms. The molecule has 0 rings (SSSR count). The topological polar surface area (TPSA) is 68.1 Å². The summed E-state index contributed by atoms with van der Waals surface area (Å²) in [4.78, 5) is 14.6. The zero-order chi connectivity index (χ0) is 8.91. The van der Waals surface area contributed by atoms with E-state index >= 15 is 0 Å². The molecular formula is C6H11NO4. The Hall–Kier alpha value is -1.10. The molecule has 11 heavy (non-hydrogen) atoms. The first kappa shape index (κ1) is 9.90. The number of carboxylic acid groups (broad SMARTS) is 1. The van der Waals surface area contributed by atoms with Crippen LogP contribution in [-0.2, 0) is 14.4 Å². The minimum absolute atomic E-state index is 0.654. The third-order valence-corrected chi connectivity index (χ3v) is 0.927. The number of carboxylic acids is 1. The number of aliphatic carboxylic acids is 1. The van der Waals surface area contributed by atoms with E-state index in [9.17, 15) is 4.79 Å². The number of ether oxygens (including phenoxy) is 1. The fourth-order valence-corrected chi connectivity index (χ4v) is 0.236. The lowest BCUT2D eigenvalue weighted by atomic mass is 10.4. The van der Waals surface area contributed by atoms with Crippen molar-refractivity contribution in [1.82, 2.24) is 0 Å². The lowest BCUT2D eigenvalue weighted by Gasteiger charge is -2.18. The predicted molar refractivity (Wildman–Crippen MR) is 38.3 cm³/mol. The molecule has 0 saturated heterocycles. The number of hydrogen-bond donors (Lipinski definition) is 1. The van der Waals surface area contributed by atoms with Gasteiger partial charge in [-0.25, -0.2) is 4.79 Å². The van der Waals surface area contributed by atoms with Gasteiger partial charge in [0.05, 0.1) is 0 Å². The SMILES string of the molecule is COC(C)(C)ON=CC(=O)O. The van der Waals surface area contributed by atoms with Gasteiger partial charge in [-0.15, -0.1) is 0 Å². The van der Waals surface area contributed by atoms with E-state index in [1.54, 1.807) is 13.8 Å². The number of methoxy groups -OCH3 is 1. The van der Waals surface area contributed by atoms with E-state index in [1.807, 2.05) is 0 Å². The van der Waals surface area contributed by atoms with Crippen LogP contribution in [0.4, 0.5) is 0 Å². The second-order valence-corrected chi connectivity index (χ2v) is 2.27. The summed E-state index contributed by atoms with van der Waals surface area (Å²) >= 11 is 0. The van der Waals surface area contributed by atoms with Crippen LogP contribution in [0.5, 0.6) is 0 Å². The molecule has 0 aromatic rings. The van der Waals surface area contributed by atoms with Gasteiger partial charge in [0, 0.05) is 21.0 Å². The van der Waals surface area contributed by atoms with Crippen LogP contribution in [0.2, 0.25) is 0 Å². The van der Waals surface area contributed by atoms with Crippen molar-refractivity contribution >= 4 is 12.2 Å².